The zero-order chi connectivity index (χ0) is 17.9. The number of nitrogens with zero attached hydrogens (tertiary/aromatic N) is 3. The number of piperidine rings is 1. The third-order valence-electron chi connectivity index (χ3n) is 5.75. The summed E-state index contributed by atoms with van der Waals surface area (Å²) < 4.78 is 2.20. The molecule has 0 aromatic carbocycles. The Labute approximate surface area is 155 Å². The van der Waals surface area contributed by atoms with Gasteiger partial charge in [-0.25, -0.2) is 4.98 Å². The van der Waals surface area contributed by atoms with Crippen molar-refractivity contribution in [1.29, 1.82) is 0 Å². The van der Waals surface area contributed by atoms with Gasteiger partial charge in [0.15, 0.2) is 0 Å². The predicted octanol–water partition coefficient (Wildman–Crippen LogP) is 1.72. The second kappa shape index (κ2) is 7.76. The van der Waals surface area contributed by atoms with Gasteiger partial charge in [0.2, 0.25) is 5.91 Å². The van der Waals surface area contributed by atoms with Gasteiger partial charge >= 0.3 is 0 Å². The molecule has 0 aliphatic carbocycles. The summed E-state index contributed by atoms with van der Waals surface area (Å²) in [5, 5.41) is 6.44. The van der Waals surface area contributed by atoms with E-state index in [1.165, 1.54) is 18.5 Å². The van der Waals surface area contributed by atoms with Crippen molar-refractivity contribution < 1.29 is 4.79 Å². The number of likely N-dealkylation sites (tertiary alicyclic amines) is 1. The Balaban J connectivity index is 1.34. The number of aryl methyl sites for hydroxylation is 1. The van der Waals surface area contributed by atoms with Crippen LogP contribution in [-0.4, -0.2) is 52.4 Å². The number of carbonyl (C=O) groups is 1. The van der Waals surface area contributed by atoms with Crippen molar-refractivity contribution in [2.75, 3.05) is 26.2 Å². The first-order valence-corrected chi connectivity index (χ1v) is 9.87. The van der Waals surface area contributed by atoms with Crippen molar-refractivity contribution in [2.45, 2.75) is 45.2 Å². The highest BCUT2D eigenvalue weighted by Crippen LogP contribution is 2.20. The molecule has 2 saturated heterocycles. The van der Waals surface area contributed by atoms with Crippen LogP contribution in [0.4, 0.5) is 0 Å². The summed E-state index contributed by atoms with van der Waals surface area (Å²) in [7, 11) is 0. The van der Waals surface area contributed by atoms with Gasteiger partial charge in [0.05, 0.1) is 17.4 Å². The molecule has 140 valence electrons. The minimum atomic E-state index is 0.0236. The van der Waals surface area contributed by atoms with Crippen LogP contribution in [0.15, 0.2) is 24.4 Å². The lowest BCUT2D eigenvalue weighted by molar-refractivity contribution is -0.123. The molecular weight excluding hydrogens is 326 g/mol. The molecule has 0 saturated carbocycles. The van der Waals surface area contributed by atoms with Crippen LogP contribution < -0.4 is 10.6 Å². The van der Waals surface area contributed by atoms with Crippen molar-refractivity contribution >= 4 is 11.6 Å². The van der Waals surface area contributed by atoms with Gasteiger partial charge in [-0.1, -0.05) is 6.07 Å². The molecule has 1 amide bonds. The summed E-state index contributed by atoms with van der Waals surface area (Å²) in [5.41, 5.74) is 3.41. The number of hydrogen-bond acceptors (Lipinski definition) is 4. The Hall–Kier alpha value is -1.92. The van der Waals surface area contributed by atoms with Crippen molar-refractivity contribution in [1.82, 2.24) is 24.9 Å². The lowest BCUT2D eigenvalue weighted by atomic mass is 9.97. The minimum absolute atomic E-state index is 0.0236. The van der Waals surface area contributed by atoms with Gasteiger partial charge in [-0.15, -0.1) is 0 Å². The smallest absolute Gasteiger partial charge is 0.237 e. The first kappa shape index (κ1) is 17.5. The molecule has 2 aliphatic heterocycles. The van der Waals surface area contributed by atoms with Crippen molar-refractivity contribution in [2.24, 2.45) is 5.92 Å². The Morgan fingerprint density at radius 2 is 2.27 bits per heavy atom. The van der Waals surface area contributed by atoms with E-state index in [4.69, 9.17) is 0 Å². The van der Waals surface area contributed by atoms with Gasteiger partial charge in [0, 0.05) is 25.8 Å². The number of rotatable bonds is 5. The highest BCUT2D eigenvalue weighted by Gasteiger charge is 2.25. The zero-order valence-corrected chi connectivity index (χ0v) is 15.6. The van der Waals surface area contributed by atoms with Crippen LogP contribution in [0.2, 0.25) is 0 Å². The van der Waals surface area contributed by atoms with E-state index >= 15 is 0 Å². The quantitative estimate of drug-likeness (QED) is 0.857. The zero-order valence-electron chi connectivity index (χ0n) is 15.6. The Kier molecular flexibility index (Phi) is 5.22. The van der Waals surface area contributed by atoms with E-state index in [1.807, 2.05) is 6.07 Å². The summed E-state index contributed by atoms with van der Waals surface area (Å²) >= 11 is 0. The molecule has 0 spiro atoms. The molecule has 2 aromatic heterocycles. The van der Waals surface area contributed by atoms with Crippen LogP contribution in [0.3, 0.4) is 0 Å². The van der Waals surface area contributed by atoms with Crippen LogP contribution in [0, 0.1) is 12.8 Å². The van der Waals surface area contributed by atoms with E-state index in [-0.39, 0.29) is 11.9 Å². The van der Waals surface area contributed by atoms with Gasteiger partial charge < -0.3 is 15.0 Å². The van der Waals surface area contributed by atoms with Gasteiger partial charge in [0.1, 0.15) is 5.65 Å². The number of fused-ring (bicyclic) bond motifs is 1. The molecule has 2 atom stereocenters. The third-order valence-corrected chi connectivity index (χ3v) is 5.75. The average Bonchev–Trinajstić information content (AvgIpc) is 3.29. The molecule has 2 fully saturated rings. The summed E-state index contributed by atoms with van der Waals surface area (Å²) in [4.78, 5) is 19.4. The fraction of sp³-hybridized carbons (Fsp3) is 0.600. The maximum Gasteiger partial charge on any atom is 0.237 e. The van der Waals surface area contributed by atoms with Crippen molar-refractivity contribution in [3.63, 3.8) is 0 Å². The summed E-state index contributed by atoms with van der Waals surface area (Å²) in [6.45, 7) is 6.93. The fourth-order valence-electron chi connectivity index (χ4n) is 4.30. The Morgan fingerprint density at radius 3 is 3.12 bits per heavy atom. The third kappa shape index (κ3) is 3.76. The summed E-state index contributed by atoms with van der Waals surface area (Å²) in [5.74, 6) is 0.714. The first-order chi connectivity index (χ1) is 12.7. The molecule has 6 heteroatoms. The summed E-state index contributed by atoms with van der Waals surface area (Å²) in [6, 6.07) is 6.17. The second-order valence-corrected chi connectivity index (χ2v) is 7.71. The van der Waals surface area contributed by atoms with Crippen LogP contribution in [0.25, 0.3) is 5.65 Å². The Morgan fingerprint density at radius 1 is 1.35 bits per heavy atom. The SMILES string of the molecule is Cc1nc2ccccn2c1CN1CCCC(CNC(=O)C2CCCN2)C1. The molecule has 2 unspecified atom stereocenters. The molecule has 0 bridgehead atoms. The normalized spacial score (nSPS) is 24.2. The van der Waals surface area contributed by atoms with Crippen LogP contribution in [0.1, 0.15) is 37.1 Å². The molecule has 4 rings (SSSR count). The van der Waals surface area contributed by atoms with Gasteiger partial charge in [-0.3, -0.25) is 9.69 Å². The highest BCUT2D eigenvalue weighted by atomic mass is 16.2. The largest absolute Gasteiger partial charge is 0.354 e. The Bertz CT molecular complexity index is 765. The van der Waals surface area contributed by atoms with Gasteiger partial charge in [0.25, 0.3) is 0 Å². The van der Waals surface area contributed by atoms with Gasteiger partial charge in [-0.05, 0) is 63.7 Å². The lowest BCUT2D eigenvalue weighted by Gasteiger charge is -2.33. The van der Waals surface area contributed by atoms with E-state index < -0.39 is 0 Å². The average molecular weight is 355 g/mol. The number of amides is 1. The molecular formula is C20H29N5O. The number of hydrogen-bond donors (Lipinski definition) is 2. The van der Waals surface area contributed by atoms with Gasteiger partial charge in [-0.2, -0.15) is 0 Å². The van der Waals surface area contributed by atoms with E-state index in [1.54, 1.807) is 0 Å². The predicted molar refractivity (Wildman–Crippen MR) is 102 cm³/mol. The molecule has 2 aromatic rings. The van der Waals surface area contributed by atoms with E-state index in [0.29, 0.717) is 5.92 Å². The van der Waals surface area contributed by atoms with Crippen LogP contribution >= 0.6 is 0 Å². The van der Waals surface area contributed by atoms with Crippen molar-refractivity contribution in [3.05, 3.63) is 35.8 Å². The molecule has 0 radical (unpaired) electrons. The molecule has 2 aliphatic rings. The molecule has 4 heterocycles. The minimum Gasteiger partial charge on any atom is -0.354 e. The number of imidazole rings is 1. The first-order valence-electron chi connectivity index (χ1n) is 9.87. The van der Waals surface area contributed by atoms with Crippen molar-refractivity contribution in [3.8, 4) is 0 Å². The fourth-order valence-corrected chi connectivity index (χ4v) is 4.30. The maximum atomic E-state index is 12.2. The van der Waals surface area contributed by atoms with Crippen LogP contribution in [-0.2, 0) is 11.3 Å². The number of carbonyl (C=O) groups excluding carboxylic acids is 1. The standard InChI is InChI=1S/C20H29N5O/c1-15-18(25-11-3-2-8-19(25)23-15)14-24-10-5-6-16(13-24)12-22-20(26)17-7-4-9-21-17/h2-3,8,11,16-17,21H,4-7,9-10,12-14H2,1H3,(H,22,26). The highest BCUT2D eigenvalue weighted by molar-refractivity contribution is 5.81. The van der Waals surface area contributed by atoms with E-state index in [9.17, 15) is 4.79 Å². The molecule has 2 N–H and O–H groups in total. The van der Waals surface area contributed by atoms with Crippen LogP contribution in [0.5, 0.6) is 0 Å². The monoisotopic (exact) mass is 355 g/mol. The molecule has 6 nitrogen and oxygen atoms in total. The number of aromatic nitrogens is 2. The summed E-state index contributed by atoms with van der Waals surface area (Å²) in [6.07, 6.45) is 6.56. The molecule has 26 heavy (non-hydrogen) atoms. The number of nitrogens with one attached hydrogen (secondary N) is 2. The maximum absolute atomic E-state index is 12.2. The van der Waals surface area contributed by atoms with E-state index in [0.717, 1.165) is 56.9 Å². The lowest BCUT2D eigenvalue weighted by Crippen LogP contribution is -2.45. The second-order valence-electron chi connectivity index (χ2n) is 7.71. The topological polar surface area (TPSA) is 61.7 Å². The van der Waals surface area contributed by atoms with E-state index in [2.05, 4.69) is 50.2 Å². The number of pyridine rings is 1.